The number of aromatic nitrogens is 2. The number of nitriles is 1. The summed E-state index contributed by atoms with van der Waals surface area (Å²) in [7, 11) is 0. The van der Waals surface area contributed by atoms with Crippen LogP contribution in [0.1, 0.15) is 31.4 Å². The molecule has 1 heterocycles. The van der Waals surface area contributed by atoms with Gasteiger partial charge >= 0.3 is 6.03 Å². The van der Waals surface area contributed by atoms with Crippen LogP contribution in [0.3, 0.4) is 0 Å². The standard InChI is InChI=1S/C13H21N7O3/c1-10-8-11(21)18-12(19(10)15)20(16)13(22)17-6-4-2-3-5-7-23-9-14/h8H,2-7,15-16H2,1H3,(H,17,22). The minimum absolute atomic E-state index is 0.138. The molecule has 0 aliphatic carbocycles. The number of unbranched alkanes of at least 4 members (excludes halogenated alkanes) is 3. The van der Waals surface area contributed by atoms with Gasteiger partial charge in [-0.05, 0) is 26.2 Å². The summed E-state index contributed by atoms with van der Waals surface area (Å²) in [6.07, 6.45) is 4.92. The second-order valence-electron chi connectivity index (χ2n) is 4.86. The fourth-order valence-electron chi connectivity index (χ4n) is 1.83. The highest BCUT2D eigenvalue weighted by Gasteiger charge is 2.17. The molecule has 0 unspecified atom stereocenters. The SMILES string of the molecule is Cc1cc(=O)nc(N(N)C(=O)NCCCCCCOC#N)n1N. The van der Waals surface area contributed by atoms with Crippen LogP contribution < -0.4 is 27.6 Å². The molecule has 10 nitrogen and oxygen atoms in total. The number of hydrogen-bond acceptors (Lipinski definition) is 7. The number of nitrogens with zero attached hydrogens (tertiary/aromatic N) is 4. The number of hydrogen-bond donors (Lipinski definition) is 3. The summed E-state index contributed by atoms with van der Waals surface area (Å²) >= 11 is 0. The van der Waals surface area contributed by atoms with Crippen molar-refractivity contribution < 1.29 is 9.53 Å². The molecule has 0 aliphatic rings. The summed E-state index contributed by atoms with van der Waals surface area (Å²) in [5.74, 6) is 11.2. The van der Waals surface area contributed by atoms with Crippen LogP contribution in [-0.4, -0.2) is 28.8 Å². The van der Waals surface area contributed by atoms with Crippen molar-refractivity contribution in [3.8, 4) is 6.26 Å². The first-order valence-corrected chi connectivity index (χ1v) is 7.16. The zero-order valence-electron chi connectivity index (χ0n) is 13.0. The van der Waals surface area contributed by atoms with E-state index in [-0.39, 0.29) is 5.95 Å². The predicted molar refractivity (Wildman–Crippen MR) is 83.5 cm³/mol. The minimum Gasteiger partial charge on any atom is -0.428 e. The Bertz CT molecular complexity index is 623. The van der Waals surface area contributed by atoms with E-state index in [0.717, 1.165) is 30.4 Å². The molecule has 0 aromatic carbocycles. The van der Waals surface area contributed by atoms with E-state index in [1.54, 1.807) is 13.2 Å². The number of nitrogens with two attached hydrogens (primary N) is 2. The molecule has 0 aliphatic heterocycles. The molecule has 2 amide bonds. The van der Waals surface area contributed by atoms with E-state index in [4.69, 9.17) is 16.9 Å². The number of ether oxygens (including phenoxy) is 1. The molecule has 0 fully saturated rings. The van der Waals surface area contributed by atoms with Crippen LogP contribution in [-0.2, 0) is 4.74 Å². The molecule has 0 saturated heterocycles. The van der Waals surface area contributed by atoms with E-state index in [1.807, 2.05) is 0 Å². The van der Waals surface area contributed by atoms with Crippen molar-refractivity contribution >= 4 is 12.0 Å². The average Bonchev–Trinajstić information content (AvgIpc) is 2.52. The molecule has 23 heavy (non-hydrogen) atoms. The number of rotatable bonds is 8. The van der Waals surface area contributed by atoms with Crippen molar-refractivity contribution in [1.29, 1.82) is 5.26 Å². The lowest BCUT2D eigenvalue weighted by molar-refractivity contribution is 0.245. The van der Waals surface area contributed by atoms with Crippen molar-refractivity contribution in [2.24, 2.45) is 5.84 Å². The Labute approximate surface area is 133 Å². The monoisotopic (exact) mass is 323 g/mol. The molecule has 10 heteroatoms. The number of carbonyl (C=O) groups is 1. The molecular weight excluding hydrogens is 302 g/mol. The number of carbonyl (C=O) groups excluding carboxylic acids is 1. The quantitative estimate of drug-likeness (QED) is 0.195. The van der Waals surface area contributed by atoms with E-state index in [2.05, 4.69) is 15.0 Å². The molecule has 1 aromatic rings. The van der Waals surface area contributed by atoms with Gasteiger partial charge in [0.1, 0.15) is 6.61 Å². The van der Waals surface area contributed by atoms with Crippen molar-refractivity contribution in [2.75, 3.05) is 24.0 Å². The number of urea groups is 1. The lowest BCUT2D eigenvalue weighted by Gasteiger charge is -2.19. The van der Waals surface area contributed by atoms with E-state index in [1.165, 1.54) is 6.07 Å². The summed E-state index contributed by atoms with van der Waals surface area (Å²) in [6, 6.07) is 0.639. The molecule has 0 spiro atoms. The van der Waals surface area contributed by atoms with E-state index in [0.29, 0.717) is 23.9 Å². The highest BCUT2D eigenvalue weighted by molar-refractivity contribution is 5.88. The van der Waals surface area contributed by atoms with E-state index in [9.17, 15) is 9.59 Å². The second kappa shape index (κ2) is 9.26. The van der Waals surface area contributed by atoms with Crippen LogP contribution in [0, 0.1) is 18.4 Å². The van der Waals surface area contributed by atoms with E-state index < -0.39 is 11.6 Å². The molecule has 0 bridgehead atoms. The Morgan fingerprint density at radius 3 is 2.87 bits per heavy atom. The lowest BCUT2D eigenvalue weighted by Crippen LogP contribution is -2.48. The Morgan fingerprint density at radius 2 is 2.17 bits per heavy atom. The van der Waals surface area contributed by atoms with Gasteiger partial charge in [0.25, 0.3) is 17.8 Å². The number of amides is 2. The van der Waals surface area contributed by atoms with Gasteiger partial charge in [-0.15, -0.1) is 0 Å². The maximum atomic E-state index is 11.9. The van der Waals surface area contributed by atoms with Crippen molar-refractivity contribution in [2.45, 2.75) is 32.6 Å². The van der Waals surface area contributed by atoms with Gasteiger partial charge < -0.3 is 15.9 Å². The maximum absolute atomic E-state index is 11.9. The first-order valence-electron chi connectivity index (χ1n) is 7.16. The molecule has 1 aromatic heterocycles. The Balaban J connectivity index is 2.38. The molecule has 126 valence electrons. The zero-order valence-corrected chi connectivity index (χ0v) is 13.0. The predicted octanol–water partition coefficient (Wildman–Crippen LogP) is -0.287. The number of nitrogen functional groups attached to an aromatic ring is 1. The summed E-state index contributed by atoms with van der Waals surface area (Å²) in [4.78, 5) is 26.9. The highest BCUT2D eigenvalue weighted by atomic mass is 16.5. The van der Waals surface area contributed by atoms with Crippen LogP contribution in [0.2, 0.25) is 0 Å². The topological polar surface area (TPSA) is 152 Å². The van der Waals surface area contributed by atoms with Crippen LogP contribution >= 0.6 is 0 Å². The van der Waals surface area contributed by atoms with E-state index >= 15 is 0 Å². The third kappa shape index (κ3) is 5.84. The third-order valence-electron chi connectivity index (χ3n) is 3.09. The number of hydrazine groups is 1. The lowest BCUT2D eigenvalue weighted by atomic mass is 10.2. The van der Waals surface area contributed by atoms with Crippen molar-refractivity contribution in [3.05, 3.63) is 22.1 Å². The first-order chi connectivity index (χ1) is 11.0. The van der Waals surface area contributed by atoms with Gasteiger partial charge in [0, 0.05) is 18.3 Å². The number of nitrogens with one attached hydrogen (secondary N) is 1. The minimum atomic E-state index is -0.602. The molecule has 5 N–H and O–H groups in total. The molecule has 0 saturated carbocycles. The van der Waals surface area contributed by atoms with Crippen molar-refractivity contribution in [1.82, 2.24) is 15.0 Å². The van der Waals surface area contributed by atoms with Gasteiger partial charge in [0.05, 0.1) is 0 Å². The molecule has 1 rings (SSSR count). The summed E-state index contributed by atoms with van der Waals surface area (Å²) < 4.78 is 5.62. The fraction of sp³-hybridized carbons (Fsp3) is 0.538. The number of aryl methyl sites for hydroxylation is 1. The van der Waals surface area contributed by atoms with Crippen LogP contribution in [0.15, 0.2) is 10.9 Å². The third-order valence-corrected chi connectivity index (χ3v) is 3.09. The Hall–Kier alpha value is -2.80. The smallest absolute Gasteiger partial charge is 0.338 e. The van der Waals surface area contributed by atoms with Crippen LogP contribution in [0.25, 0.3) is 0 Å². The second-order valence-corrected chi connectivity index (χ2v) is 4.86. The average molecular weight is 323 g/mol. The zero-order chi connectivity index (χ0) is 17.2. The summed E-state index contributed by atoms with van der Waals surface area (Å²) in [5, 5.41) is 11.5. The van der Waals surface area contributed by atoms with Gasteiger partial charge in [-0.25, -0.2) is 15.3 Å². The fourth-order valence-corrected chi connectivity index (χ4v) is 1.83. The molecule has 0 atom stereocenters. The largest absolute Gasteiger partial charge is 0.428 e. The molecular formula is C13H21N7O3. The van der Waals surface area contributed by atoms with Crippen LogP contribution in [0.5, 0.6) is 0 Å². The highest BCUT2D eigenvalue weighted by Crippen LogP contribution is 2.04. The van der Waals surface area contributed by atoms with Crippen molar-refractivity contribution in [3.63, 3.8) is 0 Å². The number of anilines is 1. The summed E-state index contributed by atoms with van der Waals surface area (Å²) in [6.45, 7) is 2.44. The molecule has 0 radical (unpaired) electrons. The Kier molecular flexibility index (Phi) is 7.35. The van der Waals surface area contributed by atoms with Gasteiger partial charge in [-0.3, -0.25) is 4.79 Å². The van der Waals surface area contributed by atoms with Gasteiger partial charge in [-0.1, -0.05) is 6.42 Å². The summed E-state index contributed by atoms with van der Waals surface area (Å²) in [5.41, 5.74) is -0.0927. The normalized spacial score (nSPS) is 9.96. The van der Waals surface area contributed by atoms with Crippen LogP contribution in [0.4, 0.5) is 10.7 Å². The Morgan fingerprint density at radius 1 is 1.48 bits per heavy atom. The first kappa shape index (κ1) is 18.2. The van der Waals surface area contributed by atoms with Gasteiger partial charge in [-0.2, -0.15) is 15.3 Å². The van der Waals surface area contributed by atoms with Gasteiger partial charge in [0.2, 0.25) is 0 Å². The maximum Gasteiger partial charge on any atom is 0.338 e. The van der Waals surface area contributed by atoms with Gasteiger partial charge in [0.15, 0.2) is 0 Å².